The topological polar surface area (TPSA) is 73.9 Å². The number of benzene rings is 3. The lowest BCUT2D eigenvalue weighted by Gasteiger charge is -2.53. The normalized spacial score (nSPS) is 21.4. The lowest BCUT2D eigenvalue weighted by atomic mass is 9.74. The van der Waals surface area contributed by atoms with Gasteiger partial charge in [0.15, 0.2) is 0 Å². The quantitative estimate of drug-likeness (QED) is 0.121. The van der Waals surface area contributed by atoms with Crippen LogP contribution in [0.4, 0.5) is 31.1 Å². The van der Waals surface area contributed by atoms with E-state index in [-0.39, 0.29) is 37.8 Å². The average molecular weight is 725 g/mol. The van der Waals surface area contributed by atoms with Gasteiger partial charge in [0.2, 0.25) is 0 Å². The summed E-state index contributed by atoms with van der Waals surface area (Å²) in [5.74, 6) is 0. The van der Waals surface area contributed by atoms with E-state index in [2.05, 4.69) is 11.3 Å². The molecule has 50 heavy (non-hydrogen) atoms. The van der Waals surface area contributed by atoms with E-state index in [0.29, 0.717) is 30.5 Å². The van der Waals surface area contributed by atoms with Crippen molar-refractivity contribution in [3.63, 3.8) is 0 Å². The molecule has 4 rings (SSSR count). The summed E-state index contributed by atoms with van der Waals surface area (Å²) in [6, 6.07) is 19.2. The molecule has 0 radical (unpaired) electrons. The number of nitrogens with zero attached hydrogens (tertiary/aromatic N) is 1. The molecule has 1 heterocycles. The Kier molecular flexibility index (Phi) is 12.1. The van der Waals surface area contributed by atoms with Gasteiger partial charge in [0, 0.05) is 17.9 Å². The van der Waals surface area contributed by atoms with E-state index in [9.17, 15) is 35.7 Å². The molecule has 6 nitrogen and oxygen atoms in total. The van der Waals surface area contributed by atoms with Crippen LogP contribution in [0.2, 0.25) is 0 Å². The van der Waals surface area contributed by atoms with Crippen LogP contribution in [-0.2, 0) is 45.3 Å². The first-order valence-electron chi connectivity index (χ1n) is 16.1. The van der Waals surface area contributed by atoms with Crippen molar-refractivity contribution in [2.24, 2.45) is 0 Å². The molecule has 0 saturated carbocycles. The molecule has 1 unspecified atom stereocenters. The predicted molar refractivity (Wildman–Crippen MR) is 180 cm³/mol. The van der Waals surface area contributed by atoms with Gasteiger partial charge in [0.1, 0.15) is 11.4 Å². The molecular weight excluding hydrogens is 682 g/mol. The van der Waals surface area contributed by atoms with Gasteiger partial charge in [-0.1, -0.05) is 66.7 Å². The molecule has 0 bridgehead atoms. The summed E-state index contributed by atoms with van der Waals surface area (Å²) in [4.78, 5) is 15.7. The van der Waals surface area contributed by atoms with Crippen molar-refractivity contribution in [3.8, 4) is 0 Å². The number of amides is 1. The van der Waals surface area contributed by atoms with Gasteiger partial charge in [0.25, 0.3) is 0 Å². The summed E-state index contributed by atoms with van der Waals surface area (Å²) >= 11 is -1.55. The lowest BCUT2D eigenvalue weighted by Crippen LogP contribution is -2.67. The summed E-state index contributed by atoms with van der Waals surface area (Å²) in [5, 5.41) is 0. The third-order valence-electron chi connectivity index (χ3n) is 8.78. The van der Waals surface area contributed by atoms with Crippen molar-refractivity contribution in [2.45, 2.75) is 87.8 Å². The zero-order valence-electron chi connectivity index (χ0n) is 28.4. The SMILES string of the molecule is C=CC[C@]1(N[S+]([O-])C(C)(C)C)CC[C@@](CO[C@H](C)c2cc(C(F)(F)F)cc(C(F)(F)F)c2)(c2ccccc2)N(C(=O)OCc2ccccc2)C1. The van der Waals surface area contributed by atoms with E-state index >= 15 is 0 Å². The maximum atomic E-state index is 14.2. The highest BCUT2D eigenvalue weighted by atomic mass is 32.2. The van der Waals surface area contributed by atoms with Crippen LogP contribution in [0.1, 0.15) is 80.9 Å². The number of nitrogens with one attached hydrogen (secondary N) is 1. The number of likely N-dealkylation sites (tertiary alicyclic amines) is 1. The Bertz CT molecular complexity index is 1570. The first-order chi connectivity index (χ1) is 23.3. The van der Waals surface area contributed by atoms with E-state index in [1.165, 1.54) is 11.8 Å². The predicted octanol–water partition coefficient (Wildman–Crippen LogP) is 9.50. The molecule has 1 aliphatic heterocycles. The zero-order valence-corrected chi connectivity index (χ0v) is 29.2. The van der Waals surface area contributed by atoms with Crippen LogP contribution in [0, 0.1) is 0 Å². The highest BCUT2D eigenvalue weighted by Crippen LogP contribution is 2.45. The molecule has 1 N–H and O–H groups in total. The number of halogens is 6. The Morgan fingerprint density at radius 1 is 0.960 bits per heavy atom. The molecular formula is C37H42F6N2O4S. The summed E-state index contributed by atoms with van der Waals surface area (Å²) in [7, 11) is 0. The molecule has 1 aliphatic rings. The molecule has 3 aromatic rings. The fraction of sp³-hybridized carbons (Fsp3) is 0.432. The maximum absolute atomic E-state index is 14.2. The molecule has 0 aromatic heterocycles. The fourth-order valence-corrected chi connectivity index (χ4v) is 6.87. The molecule has 4 atom stereocenters. The first kappa shape index (κ1) is 39.3. The van der Waals surface area contributed by atoms with Crippen LogP contribution in [0.15, 0.2) is 91.5 Å². The Balaban J connectivity index is 1.78. The molecule has 0 aliphatic carbocycles. The van der Waals surface area contributed by atoms with Gasteiger partial charge in [0.05, 0.1) is 34.9 Å². The second kappa shape index (κ2) is 15.4. The van der Waals surface area contributed by atoms with Gasteiger partial charge in [-0.3, -0.25) is 4.90 Å². The van der Waals surface area contributed by atoms with Crippen LogP contribution < -0.4 is 4.72 Å². The molecule has 0 spiro atoms. The van der Waals surface area contributed by atoms with Crippen LogP contribution in [0.3, 0.4) is 0 Å². The molecule has 1 saturated heterocycles. The number of piperidine rings is 1. The maximum Gasteiger partial charge on any atom is 0.416 e. The van der Waals surface area contributed by atoms with Crippen molar-refractivity contribution in [3.05, 3.63) is 119 Å². The fourth-order valence-electron chi connectivity index (χ4n) is 5.92. The molecule has 1 amide bonds. The van der Waals surface area contributed by atoms with Crippen LogP contribution in [-0.4, -0.2) is 39.0 Å². The van der Waals surface area contributed by atoms with Gasteiger partial charge >= 0.3 is 18.4 Å². The van der Waals surface area contributed by atoms with E-state index < -0.39 is 62.9 Å². The number of hydrogen-bond donors (Lipinski definition) is 1. The minimum atomic E-state index is -5.03. The zero-order chi connectivity index (χ0) is 37.0. The van der Waals surface area contributed by atoms with Gasteiger partial charge in [-0.25, -0.2) is 4.79 Å². The van der Waals surface area contributed by atoms with Crippen LogP contribution >= 0.6 is 0 Å². The summed E-state index contributed by atoms with van der Waals surface area (Å²) in [6.45, 7) is 10.3. The Morgan fingerprint density at radius 2 is 1.52 bits per heavy atom. The summed E-state index contributed by atoms with van der Waals surface area (Å²) in [6.07, 6.45) is -9.47. The Hall–Kier alpha value is -3.52. The molecule has 3 aromatic carbocycles. The third-order valence-corrected chi connectivity index (χ3v) is 10.5. The van der Waals surface area contributed by atoms with E-state index in [1.54, 1.807) is 60.7 Å². The molecule has 272 valence electrons. The number of carbonyl (C=O) groups is 1. The number of carbonyl (C=O) groups excluding carboxylic acids is 1. The minimum Gasteiger partial charge on any atom is -0.598 e. The van der Waals surface area contributed by atoms with Crippen molar-refractivity contribution >= 4 is 17.5 Å². The van der Waals surface area contributed by atoms with Gasteiger partial charge in [-0.2, -0.15) is 26.3 Å². The summed E-state index contributed by atoms with van der Waals surface area (Å²) < 4.78 is 110. The van der Waals surface area contributed by atoms with Gasteiger partial charge in [-0.15, -0.1) is 11.3 Å². The van der Waals surface area contributed by atoms with Crippen molar-refractivity contribution in [1.29, 1.82) is 0 Å². The third kappa shape index (κ3) is 9.42. The van der Waals surface area contributed by atoms with Gasteiger partial charge < -0.3 is 14.0 Å². The van der Waals surface area contributed by atoms with E-state index in [4.69, 9.17) is 9.47 Å². The number of hydrogen-bond acceptors (Lipinski definition) is 5. The van der Waals surface area contributed by atoms with Crippen molar-refractivity contribution < 1.29 is 45.2 Å². The Morgan fingerprint density at radius 3 is 2.04 bits per heavy atom. The highest BCUT2D eigenvalue weighted by molar-refractivity contribution is 7.90. The van der Waals surface area contributed by atoms with E-state index in [0.717, 1.165) is 5.56 Å². The van der Waals surface area contributed by atoms with Crippen LogP contribution in [0.25, 0.3) is 0 Å². The second-order valence-corrected chi connectivity index (χ2v) is 15.5. The van der Waals surface area contributed by atoms with Crippen molar-refractivity contribution in [1.82, 2.24) is 9.62 Å². The average Bonchev–Trinajstić information content (AvgIpc) is 3.06. The largest absolute Gasteiger partial charge is 0.598 e. The van der Waals surface area contributed by atoms with E-state index in [1.807, 2.05) is 26.8 Å². The minimum absolute atomic E-state index is 0.0249. The second-order valence-electron chi connectivity index (χ2n) is 13.6. The molecule has 1 fully saturated rings. The monoisotopic (exact) mass is 724 g/mol. The lowest BCUT2D eigenvalue weighted by molar-refractivity contribution is -0.143. The highest BCUT2D eigenvalue weighted by Gasteiger charge is 2.54. The Labute approximate surface area is 292 Å². The molecule has 13 heteroatoms. The number of ether oxygens (including phenoxy) is 2. The summed E-state index contributed by atoms with van der Waals surface area (Å²) in [5.41, 5.74) is -4.09. The van der Waals surface area contributed by atoms with Gasteiger partial charge in [-0.05, 0) is 81.8 Å². The first-order valence-corrected chi connectivity index (χ1v) is 17.2. The number of alkyl halides is 6. The van der Waals surface area contributed by atoms with Crippen LogP contribution in [0.5, 0.6) is 0 Å². The standard InChI is InChI=1S/C37H42F6N2O4S/c1-6-17-34(44-50(47)33(3,4)5)18-19-35(29-15-11-8-12-16-29,45(24-34)32(46)48-23-27-13-9-7-10-14-27)25-49-26(2)28-20-30(36(38,39)40)22-31(21-28)37(41,42)43/h6-16,20-22,26,44H,1,17-19,23-25H2,2-5H3/t26-,34+,35-,50?/m1/s1. The number of rotatable bonds is 11. The van der Waals surface area contributed by atoms with Crippen molar-refractivity contribution in [2.75, 3.05) is 13.2 Å². The smallest absolute Gasteiger partial charge is 0.416 e.